The number of amides is 1. The first-order valence-corrected chi connectivity index (χ1v) is 7.76. The van der Waals surface area contributed by atoms with Gasteiger partial charge in [-0.15, -0.1) is 0 Å². The Balaban J connectivity index is 1.82. The first kappa shape index (κ1) is 15.5. The van der Waals surface area contributed by atoms with Gasteiger partial charge in [-0.2, -0.15) is 0 Å². The van der Waals surface area contributed by atoms with Crippen molar-refractivity contribution in [1.29, 1.82) is 0 Å². The van der Waals surface area contributed by atoms with Crippen LogP contribution in [-0.4, -0.2) is 19.1 Å². The minimum atomic E-state index is -0.359. The zero-order valence-electron chi connectivity index (χ0n) is 13.4. The normalized spacial score (nSPS) is 14.1. The molecule has 0 bridgehead atoms. The second-order valence-electron chi connectivity index (χ2n) is 6.43. The molecule has 0 saturated heterocycles. The summed E-state index contributed by atoms with van der Waals surface area (Å²) in [5.74, 6) is 0.0970. The van der Waals surface area contributed by atoms with Crippen LogP contribution in [0.15, 0.2) is 48.5 Å². The standard InChI is InChI=1S/C19H20FNO2/c1-19(2,14-6-4-3-5-7-14)13-18(22)21-10-11-23-17-12-15(20)8-9-16(17)21/h3-9,12H,10-11,13H2,1-2H3. The molecule has 0 atom stereocenters. The van der Waals surface area contributed by atoms with E-state index in [9.17, 15) is 9.18 Å². The minimum Gasteiger partial charge on any atom is -0.489 e. The van der Waals surface area contributed by atoms with Gasteiger partial charge in [0.25, 0.3) is 0 Å². The van der Waals surface area contributed by atoms with Gasteiger partial charge in [0.2, 0.25) is 5.91 Å². The van der Waals surface area contributed by atoms with E-state index in [-0.39, 0.29) is 17.1 Å². The van der Waals surface area contributed by atoms with Crippen LogP contribution < -0.4 is 9.64 Å². The van der Waals surface area contributed by atoms with Crippen LogP contribution in [-0.2, 0) is 10.2 Å². The Kier molecular flexibility index (Phi) is 4.07. The Morgan fingerprint density at radius 2 is 1.96 bits per heavy atom. The zero-order chi connectivity index (χ0) is 16.4. The molecule has 1 aliphatic heterocycles. The molecule has 3 rings (SSSR count). The summed E-state index contributed by atoms with van der Waals surface area (Å²) < 4.78 is 18.8. The van der Waals surface area contributed by atoms with Crippen molar-refractivity contribution in [3.8, 4) is 5.75 Å². The number of fused-ring (bicyclic) bond motifs is 1. The smallest absolute Gasteiger partial charge is 0.228 e. The van der Waals surface area contributed by atoms with Gasteiger partial charge in [-0.1, -0.05) is 44.2 Å². The van der Waals surface area contributed by atoms with Crippen LogP contribution in [0.2, 0.25) is 0 Å². The van der Waals surface area contributed by atoms with E-state index in [0.29, 0.717) is 31.0 Å². The summed E-state index contributed by atoms with van der Waals surface area (Å²) in [5, 5.41) is 0. The van der Waals surface area contributed by atoms with Crippen LogP contribution in [0.25, 0.3) is 0 Å². The van der Waals surface area contributed by atoms with E-state index >= 15 is 0 Å². The zero-order valence-corrected chi connectivity index (χ0v) is 13.4. The molecule has 0 aromatic heterocycles. The number of nitrogens with zero attached hydrogens (tertiary/aromatic N) is 1. The predicted molar refractivity (Wildman–Crippen MR) is 88.3 cm³/mol. The molecule has 4 heteroatoms. The van der Waals surface area contributed by atoms with Crippen LogP contribution in [0.5, 0.6) is 5.75 Å². The molecule has 23 heavy (non-hydrogen) atoms. The average molecular weight is 313 g/mol. The molecule has 0 spiro atoms. The van der Waals surface area contributed by atoms with Crippen molar-refractivity contribution in [3.63, 3.8) is 0 Å². The summed E-state index contributed by atoms with van der Waals surface area (Å²) in [6.45, 7) is 4.99. The number of anilines is 1. The quantitative estimate of drug-likeness (QED) is 0.859. The fourth-order valence-corrected chi connectivity index (χ4v) is 2.92. The van der Waals surface area contributed by atoms with Gasteiger partial charge < -0.3 is 9.64 Å². The number of hydrogen-bond acceptors (Lipinski definition) is 2. The van der Waals surface area contributed by atoms with E-state index in [1.54, 1.807) is 11.0 Å². The number of hydrogen-bond donors (Lipinski definition) is 0. The van der Waals surface area contributed by atoms with Crippen LogP contribution in [0.4, 0.5) is 10.1 Å². The lowest BCUT2D eigenvalue weighted by Gasteiger charge is -2.33. The fourth-order valence-electron chi connectivity index (χ4n) is 2.92. The summed E-state index contributed by atoms with van der Waals surface area (Å²) in [5.41, 5.74) is 1.50. The van der Waals surface area contributed by atoms with Crippen molar-refractivity contribution < 1.29 is 13.9 Å². The maximum absolute atomic E-state index is 13.3. The largest absolute Gasteiger partial charge is 0.489 e. The van der Waals surface area contributed by atoms with Crippen molar-refractivity contribution in [3.05, 3.63) is 59.9 Å². The third kappa shape index (κ3) is 3.21. The average Bonchev–Trinajstić information content (AvgIpc) is 2.54. The van der Waals surface area contributed by atoms with E-state index in [1.165, 1.54) is 12.1 Å². The third-order valence-corrected chi connectivity index (χ3v) is 4.23. The summed E-state index contributed by atoms with van der Waals surface area (Å²) in [7, 11) is 0. The number of carbonyl (C=O) groups excluding carboxylic acids is 1. The van der Waals surface area contributed by atoms with Crippen molar-refractivity contribution in [2.24, 2.45) is 0 Å². The molecule has 1 aliphatic rings. The second kappa shape index (κ2) is 6.03. The molecular weight excluding hydrogens is 293 g/mol. The maximum atomic E-state index is 13.3. The van der Waals surface area contributed by atoms with Crippen molar-refractivity contribution in [2.45, 2.75) is 25.7 Å². The van der Waals surface area contributed by atoms with E-state index in [0.717, 1.165) is 5.56 Å². The van der Waals surface area contributed by atoms with E-state index < -0.39 is 0 Å². The molecule has 1 heterocycles. The molecular formula is C19H20FNO2. The number of benzene rings is 2. The highest BCUT2D eigenvalue weighted by Crippen LogP contribution is 2.34. The molecule has 3 nitrogen and oxygen atoms in total. The molecule has 2 aromatic rings. The minimum absolute atomic E-state index is 0.0232. The Morgan fingerprint density at radius 3 is 2.70 bits per heavy atom. The molecule has 0 unspecified atom stereocenters. The Labute approximate surface area is 135 Å². The van der Waals surface area contributed by atoms with Gasteiger partial charge in [0.15, 0.2) is 0 Å². The van der Waals surface area contributed by atoms with Gasteiger partial charge in [0, 0.05) is 12.5 Å². The monoisotopic (exact) mass is 313 g/mol. The van der Waals surface area contributed by atoms with E-state index in [4.69, 9.17) is 4.74 Å². The molecule has 0 aliphatic carbocycles. The van der Waals surface area contributed by atoms with Gasteiger partial charge in [-0.05, 0) is 23.1 Å². The van der Waals surface area contributed by atoms with Crippen LogP contribution in [0.1, 0.15) is 25.8 Å². The maximum Gasteiger partial charge on any atom is 0.228 e. The lowest BCUT2D eigenvalue weighted by atomic mass is 9.81. The molecule has 0 fully saturated rings. The summed E-state index contributed by atoms with van der Waals surface area (Å²) in [6, 6.07) is 14.3. The van der Waals surface area contributed by atoms with Gasteiger partial charge in [-0.25, -0.2) is 4.39 Å². The highest BCUT2D eigenvalue weighted by Gasteiger charge is 2.30. The van der Waals surface area contributed by atoms with Crippen LogP contribution in [0.3, 0.4) is 0 Å². The molecule has 120 valence electrons. The van der Waals surface area contributed by atoms with Crippen molar-refractivity contribution >= 4 is 11.6 Å². The van der Waals surface area contributed by atoms with Crippen LogP contribution in [0, 0.1) is 5.82 Å². The molecule has 1 amide bonds. The van der Waals surface area contributed by atoms with Gasteiger partial charge >= 0.3 is 0 Å². The lowest BCUT2D eigenvalue weighted by molar-refractivity contribution is -0.119. The molecule has 2 aromatic carbocycles. The van der Waals surface area contributed by atoms with Gasteiger partial charge in [0.1, 0.15) is 18.2 Å². The summed E-state index contributed by atoms with van der Waals surface area (Å²) in [6.07, 6.45) is 0.383. The third-order valence-electron chi connectivity index (χ3n) is 4.23. The highest BCUT2D eigenvalue weighted by atomic mass is 19.1. The summed E-state index contributed by atoms with van der Waals surface area (Å²) in [4.78, 5) is 14.5. The number of ether oxygens (including phenoxy) is 1. The van der Waals surface area contributed by atoms with Gasteiger partial charge in [-0.3, -0.25) is 4.79 Å². The number of rotatable bonds is 3. The fraction of sp³-hybridized carbons (Fsp3) is 0.316. The Bertz CT molecular complexity index is 713. The first-order valence-electron chi connectivity index (χ1n) is 7.76. The van der Waals surface area contributed by atoms with Crippen LogP contribution >= 0.6 is 0 Å². The highest BCUT2D eigenvalue weighted by molar-refractivity contribution is 5.96. The lowest BCUT2D eigenvalue weighted by Crippen LogP contribution is -2.40. The second-order valence-corrected chi connectivity index (χ2v) is 6.43. The SMILES string of the molecule is CC(C)(CC(=O)N1CCOc2cc(F)ccc21)c1ccccc1. The van der Waals surface area contributed by atoms with Crippen molar-refractivity contribution in [2.75, 3.05) is 18.1 Å². The summed E-state index contributed by atoms with van der Waals surface area (Å²) >= 11 is 0. The topological polar surface area (TPSA) is 29.5 Å². The van der Waals surface area contributed by atoms with E-state index in [2.05, 4.69) is 13.8 Å². The Morgan fingerprint density at radius 1 is 1.22 bits per heavy atom. The number of halogens is 1. The number of carbonyl (C=O) groups is 1. The molecule has 0 radical (unpaired) electrons. The van der Waals surface area contributed by atoms with E-state index in [1.807, 2.05) is 30.3 Å². The molecule has 0 saturated carbocycles. The van der Waals surface area contributed by atoms with Crippen molar-refractivity contribution in [1.82, 2.24) is 0 Å². The predicted octanol–water partition coefficient (Wildman–Crippen LogP) is 3.92. The first-order chi connectivity index (χ1) is 11.0. The molecule has 0 N–H and O–H groups in total. The van der Waals surface area contributed by atoms with Gasteiger partial charge in [0.05, 0.1) is 12.2 Å². The Hall–Kier alpha value is -2.36.